The summed E-state index contributed by atoms with van der Waals surface area (Å²) in [4.78, 5) is 20.6. The van der Waals surface area contributed by atoms with E-state index in [-0.39, 0.29) is 17.9 Å². The van der Waals surface area contributed by atoms with Gasteiger partial charge in [-0.1, -0.05) is 32.3 Å². The van der Waals surface area contributed by atoms with Crippen molar-refractivity contribution in [1.82, 2.24) is 20.4 Å². The molecule has 2 heterocycles. The molecule has 0 aliphatic carbocycles. The Balaban J connectivity index is 2.16. The van der Waals surface area contributed by atoms with Crippen LogP contribution in [0.1, 0.15) is 45.5 Å². The molecule has 3 N–H and O–H groups in total. The van der Waals surface area contributed by atoms with Gasteiger partial charge in [-0.2, -0.15) is 4.98 Å². The maximum absolute atomic E-state index is 12.2. The van der Waals surface area contributed by atoms with Crippen molar-refractivity contribution in [2.24, 2.45) is 11.7 Å². The predicted octanol–water partition coefficient (Wildman–Crippen LogP) is 2.07. The number of carbonyl (C=O) groups excluding carboxylic acids is 1. The number of nitrogens with two attached hydrogens (primary N) is 1. The number of amides is 1. The first kappa shape index (κ1) is 17.1. The van der Waals surface area contributed by atoms with Crippen LogP contribution in [0.3, 0.4) is 0 Å². The number of pyridine rings is 1. The number of rotatable bonds is 7. The maximum Gasteiger partial charge on any atom is 0.249 e. The quantitative estimate of drug-likeness (QED) is 0.809. The van der Waals surface area contributed by atoms with Gasteiger partial charge in [-0.25, -0.2) is 0 Å². The summed E-state index contributed by atoms with van der Waals surface area (Å²) >= 11 is 0. The molecule has 0 bridgehead atoms. The molecule has 2 aromatic heterocycles. The molecule has 0 radical (unpaired) electrons. The van der Waals surface area contributed by atoms with Crippen LogP contribution < -0.4 is 11.1 Å². The van der Waals surface area contributed by atoms with E-state index in [4.69, 9.17) is 10.3 Å². The van der Waals surface area contributed by atoms with Crippen LogP contribution in [0.15, 0.2) is 29.0 Å². The highest BCUT2D eigenvalue weighted by Gasteiger charge is 2.26. The van der Waals surface area contributed by atoms with Crippen LogP contribution in [0, 0.1) is 5.92 Å². The summed E-state index contributed by atoms with van der Waals surface area (Å²) in [6, 6.07) is 2.75. The van der Waals surface area contributed by atoms with Crippen molar-refractivity contribution in [2.75, 3.05) is 0 Å². The zero-order valence-electron chi connectivity index (χ0n) is 13.7. The van der Waals surface area contributed by atoms with Crippen molar-refractivity contribution in [3.8, 4) is 11.4 Å². The molecule has 2 unspecified atom stereocenters. The highest BCUT2D eigenvalue weighted by molar-refractivity contribution is 5.81. The lowest BCUT2D eigenvalue weighted by atomic mass is 10.0. The molecule has 0 aliphatic rings. The van der Waals surface area contributed by atoms with Crippen LogP contribution in [0.4, 0.5) is 0 Å². The second kappa shape index (κ2) is 7.82. The van der Waals surface area contributed by atoms with Gasteiger partial charge in [0.15, 0.2) is 0 Å². The molecule has 0 saturated heterocycles. The van der Waals surface area contributed by atoms with E-state index < -0.39 is 6.04 Å². The first-order valence-corrected chi connectivity index (χ1v) is 7.82. The average molecular weight is 317 g/mol. The molecule has 0 fully saturated rings. The lowest BCUT2D eigenvalue weighted by Crippen LogP contribution is -2.43. The van der Waals surface area contributed by atoms with E-state index in [2.05, 4.69) is 20.4 Å². The monoisotopic (exact) mass is 317 g/mol. The first-order chi connectivity index (χ1) is 11.0. The van der Waals surface area contributed by atoms with Crippen LogP contribution in [-0.4, -0.2) is 27.1 Å². The Morgan fingerprint density at radius 3 is 2.83 bits per heavy atom. The minimum atomic E-state index is -0.526. The normalized spacial score (nSPS) is 13.8. The van der Waals surface area contributed by atoms with Gasteiger partial charge in [0.2, 0.25) is 17.6 Å². The van der Waals surface area contributed by atoms with Gasteiger partial charge in [-0.3, -0.25) is 9.78 Å². The molecule has 7 nitrogen and oxygen atoms in total. The smallest absolute Gasteiger partial charge is 0.249 e. The van der Waals surface area contributed by atoms with E-state index in [1.807, 2.05) is 26.8 Å². The predicted molar refractivity (Wildman–Crippen MR) is 86.1 cm³/mol. The summed E-state index contributed by atoms with van der Waals surface area (Å²) < 4.78 is 5.34. The van der Waals surface area contributed by atoms with Crippen LogP contribution >= 0.6 is 0 Å². The Kier molecular flexibility index (Phi) is 5.81. The standard InChI is InChI=1S/C16H23N5O2/c1-4-6-12(17)15(22)19-13(10(2)3)16-20-14(21-23-16)11-7-5-8-18-9-11/h5,7-10,12-13H,4,6,17H2,1-3H3,(H,19,22). The van der Waals surface area contributed by atoms with Gasteiger partial charge < -0.3 is 15.6 Å². The van der Waals surface area contributed by atoms with E-state index in [1.165, 1.54) is 0 Å². The van der Waals surface area contributed by atoms with E-state index in [0.717, 1.165) is 12.0 Å². The van der Waals surface area contributed by atoms with Gasteiger partial charge in [0.05, 0.1) is 6.04 Å². The zero-order valence-corrected chi connectivity index (χ0v) is 13.7. The average Bonchev–Trinajstić information content (AvgIpc) is 3.02. The Morgan fingerprint density at radius 2 is 2.22 bits per heavy atom. The van der Waals surface area contributed by atoms with Crippen LogP contribution in [0.5, 0.6) is 0 Å². The number of nitrogens with zero attached hydrogens (tertiary/aromatic N) is 3. The molecule has 0 aliphatic heterocycles. The largest absolute Gasteiger partial charge is 0.343 e. The Bertz CT molecular complexity index is 626. The topological polar surface area (TPSA) is 107 Å². The van der Waals surface area contributed by atoms with Crippen LogP contribution in [0.2, 0.25) is 0 Å². The number of aromatic nitrogens is 3. The fraction of sp³-hybridized carbons (Fsp3) is 0.500. The molecule has 2 aromatic rings. The summed E-state index contributed by atoms with van der Waals surface area (Å²) in [5.41, 5.74) is 6.63. The van der Waals surface area contributed by atoms with Crippen molar-refractivity contribution >= 4 is 5.91 Å². The first-order valence-electron chi connectivity index (χ1n) is 7.82. The summed E-state index contributed by atoms with van der Waals surface area (Å²) in [5.74, 6) is 0.711. The van der Waals surface area contributed by atoms with Crippen molar-refractivity contribution in [3.05, 3.63) is 30.4 Å². The van der Waals surface area contributed by atoms with Gasteiger partial charge in [-0.15, -0.1) is 0 Å². The maximum atomic E-state index is 12.2. The summed E-state index contributed by atoms with van der Waals surface area (Å²) in [5, 5.41) is 6.88. The lowest BCUT2D eigenvalue weighted by molar-refractivity contribution is -0.123. The van der Waals surface area contributed by atoms with Crippen molar-refractivity contribution < 1.29 is 9.32 Å². The van der Waals surface area contributed by atoms with Gasteiger partial charge in [0, 0.05) is 18.0 Å². The van der Waals surface area contributed by atoms with E-state index >= 15 is 0 Å². The van der Waals surface area contributed by atoms with E-state index in [0.29, 0.717) is 18.1 Å². The molecule has 1 amide bonds. The Hall–Kier alpha value is -2.28. The fourth-order valence-corrected chi connectivity index (χ4v) is 2.19. The minimum Gasteiger partial charge on any atom is -0.343 e. The van der Waals surface area contributed by atoms with Crippen molar-refractivity contribution in [3.63, 3.8) is 0 Å². The molecule has 7 heteroatoms. The van der Waals surface area contributed by atoms with Crippen molar-refractivity contribution in [1.29, 1.82) is 0 Å². The molecule has 124 valence electrons. The van der Waals surface area contributed by atoms with Crippen molar-refractivity contribution in [2.45, 2.75) is 45.7 Å². The fourth-order valence-electron chi connectivity index (χ4n) is 2.19. The number of nitrogens with one attached hydrogen (secondary N) is 1. The molecule has 0 aromatic carbocycles. The van der Waals surface area contributed by atoms with Crippen LogP contribution in [0.25, 0.3) is 11.4 Å². The number of hydrogen-bond acceptors (Lipinski definition) is 6. The van der Waals surface area contributed by atoms with Gasteiger partial charge in [0.25, 0.3) is 0 Å². The Labute approximate surface area is 135 Å². The van der Waals surface area contributed by atoms with E-state index in [1.54, 1.807) is 18.5 Å². The molecule has 0 spiro atoms. The van der Waals surface area contributed by atoms with Gasteiger partial charge >= 0.3 is 0 Å². The molecule has 23 heavy (non-hydrogen) atoms. The van der Waals surface area contributed by atoms with E-state index in [9.17, 15) is 4.79 Å². The third kappa shape index (κ3) is 4.35. The number of hydrogen-bond donors (Lipinski definition) is 2. The molecular formula is C16H23N5O2. The zero-order chi connectivity index (χ0) is 16.8. The van der Waals surface area contributed by atoms with Crippen LogP contribution in [-0.2, 0) is 4.79 Å². The lowest BCUT2D eigenvalue weighted by Gasteiger charge is -2.20. The second-order valence-electron chi connectivity index (χ2n) is 5.82. The Morgan fingerprint density at radius 1 is 1.43 bits per heavy atom. The third-order valence-electron chi connectivity index (χ3n) is 3.53. The van der Waals surface area contributed by atoms with Gasteiger partial charge in [0.1, 0.15) is 6.04 Å². The molecule has 2 atom stereocenters. The SMILES string of the molecule is CCCC(N)C(=O)NC(c1nc(-c2cccnc2)no1)C(C)C. The minimum absolute atomic E-state index is 0.0926. The second-order valence-corrected chi connectivity index (χ2v) is 5.82. The third-order valence-corrected chi connectivity index (χ3v) is 3.53. The molecule has 0 saturated carbocycles. The number of carbonyl (C=O) groups is 1. The molecular weight excluding hydrogens is 294 g/mol. The van der Waals surface area contributed by atoms with Gasteiger partial charge in [-0.05, 0) is 24.5 Å². The highest BCUT2D eigenvalue weighted by atomic mass is 16.5. The molecule has 2 rings (SSSR count). The summed E-state index contributed by atoms with van der Waals surface area (Å²) in [6.07, 6.45) is 4.83. The highest BCUT2D eigenvalue weighted by Crippen LogP contribution is 2.23. The summed E-state index contributed by atoms with van der Waals surface area (Å²) in [7, 11) is 0. The summed E-state index contributed by atoms with van der Waals surface area (Å²) in [6.45, 7) is 5.94.